The second-order valence-electron chi connectivity index (χ2n) is 5.22. The van der Waals surface area contributed by atoms with E-state index in [4.69, 9.17) is 23.2 Å². The zero-order chi connectivity index (χ0) is 16.6. The highest BCUT2D eigenvalue weighted by Gasteiger charge is 2.18. The van der Waals surface area contributed by atoms with E-state index in [0.29, 0.717) is 15.7 Å². The summed E-state index contributed by atoms with van der Waals surface area (Å²) in [5.41, 5.74) is 1.24. The van der Waals surface area contributed by atoms with Crippen molar-refractivity contribution in [3.63, 3.8) is 0 Å². The fourth-order valence-corrected chi connectivity index (χ4v) is 2.77. The first-order valence-electron chi connectivity index (χ1n) is 6.98. The zero-order valence-corrected chi connectivity index (χ0v) is 13.7. The summed E-state index contributed by atoms with van der Waals surface area (Å²) in [6, 6.07) is 10.6. The molecular weight excluding hydrogens is 338 g/mol. The van der Waals surface area contributed by atoms with Crippen molar-refractivity contribution in [3.05, 3.63) is 64.5 Å². The van der Waals surface area contributed by atoms with Crippen LogP contribution in [0.4, 0.5) is 10.1 Å². The van der Waals surface area contributed by atoms with Crippen molar-refractivity contribution in [1.82, 2.24) is 4.57 Å². The second-order valence-corrected chi connectivity index (χ2v) is 6.06. The van der Waals surface area contributed by atoms with Gasteiger partial charge in [-0.25, -0.2) is 4.39 Å². The van der Waals surface area contributed by atoms with Crippen molar-refractivity contribution < 1.29 is 9.18 Å². The van der Waals surface area contributed by atoms with Gasteiger partial charge in [0, 0.05) is 22.1 Å². The molecule has 118 valence electrons. The summed E-state index contributed by atoms with van der Waals surface area (Å²) in [5.74, 6) is -0.547. The summed E-state index contributed by atoms with van der Waals surface area (Å²) in [5, 5.41) is 4.40. The Morgan fingerprint density at radius 1 is 1.17 bits per heavy atom. The minimum atomic E-state index is -0.493. The van der Waals surface area contributed by atoms with E-state index in [1.54, 1.807) is 48.0 Å². The van der Waals surface area contributed by atoms with Gasteiger partial charge in [-0.1, -0.05) is 23.2 Å². The zero-order valence-electron chi connectivity index (χ0n) is 12.2. The Morgan fingerprint density at radius 3 is 2.74 bits per heavy atom. The van der Waals surface area contributed by atoms with Crippen molar-refractivity contribution in [2.75, 3.05) is 5.32 Å². The number of carbonyl (C=O) groups excluding carboxylic acids is 1. The molecule has 0 bridgehead atoms. The molecule has 0 radical (unpaired) electrons. The maximum atomic E-state index is 13.3. The van der Waals surface area contributed by atoms with Gasteiger partial charge < -0.3 is 9.88 Å². The minimum absolute atomic E-state index is 0.240. The molecule has 23 heavy (non-hydrogen) atoms. The number of anilines is 1. The first kappa shape index (κ1) is 15.8. The van der Waals surface area contributed by atoms with Gasteiger partial charge in [0.25, 0.3) is 0 Å². The molecule has 0 spiro atoms. The summed E-state index contributed by atoms with van der Waals surface area (Å²) in [4.78, 5) is 12.5. The number of halogens is 3. The number of fused-ring (bicyclic) bond motifs is 1. The molecule has 1 atom stereocenters. The molecule has 3 aromatic rings. The van der Waals surface area contributed by atoms with Gasteiger partial charge in [0.1, 0.15) is 11.9 Å². The topological polar surface area (TPSA) is 34.0 Å². The van der Waals surface area contributed by atoms with Crippen molar-refractivity contribution in [2.24, 2.45) is 0 Å². The molecule has 3 rings (SSSR count). The first-order chi connectivity index (χ1) is 11.0. The number of carbonyl (C=O) groups is 1. The van der Waals surface area contributed by atoms with Crippen molar-refractivity contribution >= 4 is 45.7 Å². The van der Waals surface area contributed by atoms with E-state index < -0.39 is 6.04 Å². The Bertz CT molecular complexity index is 891. The van der Waals surface area contributed by atoms with Crippen LogP contribution >= 0.6 is 23.2 Å². The summed E-state index contributed by atoms with van der Waals surface area (Å²) in [6.45, 7) is 1.76. The van der Waals surface area contributed by atoms with Crippen LogP contribution in [0.15, 0.2) is 48.7 Å². The highest BCUT2D eigenvalue weighted by Crippen LogP contribution is 2.27. The van der Waals surface area contributed by atoms with Gasteiger partial charge in [-0.3, -0.25) is 4.79 Å². The van der Waals surface area contributed by atoms with E-state index >= 15 is 0 Å². The largest absolute Gasteiger partial charge is 0.335 e. The van der Waals surface area contributed by atoms with Gasteiger partial charge in [-0.2, -0.15) is 0 Å². The molecule has 0 fully saturated rings. The van der Waals surface area contributed by atoms with E-state index in [-0.39, 0.29) is 11.7 Å². The molecule has 2 aromatic carbocycles. The summed E-state index contributed by atoms with van der Waals surface area (Å²) in [7, 11) is 0. The molecule has 1 amide bonds. The van der Waals surface area contributed by atoms with E-state index in [1.165, 1.54) is 12.1 Å². The maximum absolute atomic E-state index is 13.3. The lowest BCUT2D eigenvalue weighted by Gasteiger charge is -2.16. The Labute approximate surface area is 142 Å². The SMILES string of the molecule is CC(C(=O)Nc1cc(Cl)ccc1Cl)n1ccc2cc(F)ccc21. The molecule has 3 nitrogen and oxygen atoms in total. The molecule has 0 aliphatic carbocycles. The van der Waals surface area contributed by atoms with Crippen LogP contribution < -0.4 is 5.32 Å². The van der Waals surface area contributed by atoms with Crippen LogP contribution in [-0.2, 0) is 4.79 Å². The number of benzene rings is 2. The maximum Gasteiger partial charge on any atom is 0.247 e. The normalized spacial score (nSPS) is 12.3. The monoisotopic (exact) mass is 350 g/mol. The molecule has 1 N–H and O–H groups in total. The molecule has 1 heterocycles. The van der Waals surface area contributed by atoms with E-state index in [2.05, 4.69) is 5.32 Å². The lowest BCUT2D eigenvalue weighted by molar-refractivity contribution is -0.118. The standard InChI is InChI=1S/C17H13Cl2FN2O/c1-10(17(23)21-15-9-12(18)2-4-14(15)19)22-7-6-11-8-13(20)3-5-16(11)22/h2-10H,1H3,(H,21,23). The molecule has 1 unspecified atom stereocenters. The number of rotatable bonds is 3. The molecular formula is C17H13Cl2FN2O. The lowest BCUT2D eigenvalue weighted by atomic mass is 10.2. The van der Waals surface area contributed by atoms with Crippen molar-refractivity contribution in [3.8, 4) is 0 Å². The Balaban J connectivity index is 1.88. The van der Waals surface area contributed by atoms with Gasteiger partial charge in [0.15, 0.2) is 0 Å². The van der Waals surface area contributed by atoms with E-state index in [9.17, 15) is 9.18 Å². The van der Waals surface area contributed by atoms with Crippen LogP contribution in [0.2, 0.25) is 10.0 Å². The average molecular weight is 351 g/mol. The third-order valence-electron chi connectivity index (χ3n) is 3.67. The third kappa shape index (κ3) is 3.19. The number of hydrogen-bond donors (Lipinski definition) is 1. The fraction of sp³-hybridized carbons (Fsp3) is 0.118. The molecule has 0 aliphatic rings. The highest BCUT2D eigenvalue weighted by molar-refractivity contribution is 6.35. The number of nitrogens with zero attached hydrogens (tertiary/aromatic N) is 1. The van der Waals surface area contributed by atoms with E-state index in [0.717, 1.165) is 10.9 Å². The summed E-state index contributed by atoms with van der Waals surface area (Å²) in [6.07, 6.45) is 1.76. The van der Waals surface area contributed by atoms with E-state index in [1.807, 2.05) is 0 Å². The van der Waals surface area contributed by atoms with Crippen LogP contribution in [0, 0.1) is 5.82 Å². The molecule has 6 heteroatoms. The smallest absolute Gasteiger partial charge is 0.247 e. The van der Waals surface area contributed by atoms with Crippen LogP contribution in [0.3, 0.4) is 0 Å². The number of amides is 1. The third-order valence-corrected chi connectivity index (χ3v) is 4.23. The molecule has 0 saturated carbocycles. The Kier molecular flexibility index (Phi) is 4.28. The minimum Gasteiger partial charge on any atom is -0.335 e. The van der Waals surface area contributed by atoms with Gasteiger partial charge in [-0.05, 0) is 49.4 Å². The lowest BCUT2D eigenvalue weighted by Crippen LogP contribution is -2.23. The molecule has 0 saturated heterocycles. The Morgan fingerprint density at radius 2 is 1.96 bits per heavy atom. The van der Waals surface area contributed by atoms with Crippen LogP contribution in [0.5, 0.6) is 0 Å². The summed E-state index contributed by atoms with van der Waals surface area (Å²) < 4.78 is 15.0. The second kappa shape index (κ2) is 6.22. The average Bonchev–Trinajstić information content (AvgIpc) is 2.93. The molecule has 0 aliphatic heterocycles. The van der Waals surface area contributed by atoms with Crippen molar-refractivity contribution in [1.29, 1.82) is 0 Å². The summed E-state index contributed by atoms with van der Waals surface area (Å²) >= 11 is 12.0. The van der Waals surface area contributed by atoms with Crippen molar-refractivity contribution in [2.45, 2.75) is 13.0 Å². The predicted octanol–water partition coefficient (Wildman–Crippen LogP) is 5.29. The highest BCUT2D eigenvalue weighted by atomic mass is 35.5. The molecule has 1 aromatic heterocycles. The number of aromatic nitrogens is 1. The van der Waals surface area contributed by atoms with Crippen LogP contribution in [0.1, 0.15) is 13.0 Å². The van der Waals surface area contributed by atoms with Gasteiger partial charge in [-0.15, -0.1) is 0 Å². The predicted molar refractivity (Wildman–Crippen MR) is 91.7 cm³/mol. The number of hydrogen-bond acceptors (Lipinski definition) is 1. The first-order valence-corrected chi connectivity index (χ1v) is 7.73. The quantitative estimate of drug-likeness (QED) is 0.684. The number of nitrogens with one attached hydrogen (secondary N) is 1. The Hall–Kier alpha value is -2.04. The fourth-order valence-electron chi connectivity index (χ4n) is 2.43. The van der Waals surface area contributed by atoms with Gasteiger partial charge >= 0.3 is 0 Å². The van der Waals surface area contributed by atoms with Gasteiger partial charge in [0.2, 0.25) is 5.91 Å². The van der Waals surface area contributed by atoms with Crippen LogP contribution in [-0.4, -0.2) is 10.5 Å². The van der Waals surface area contributed by atoms with Gasteiger partial charge in [0.05, 0.1) is 10.7 Å². The van der Waals surface area contributed by atoms with Crippen LogP contribution in [0.25, 0.3) is 10.9 Å².